The third kappa shape index (κ3) is 18.0. The average Bonchev–Trinajstić information content (AvgIpc) is 3.29. The first-order valence-corrected chi connectivity index (χ1v) is 31.3. The topological polar surface area (TPSA) is 239 Å². The van der Waals surface area contributed by atoms with Crippen LogP contribution in [0, 0.1) is 0 Å². The maximum Gasteiger partial charge on any atom is 0.409 e. The molecule has 390 valence electrons. The Balaban J connectivity index is 1.06. The smallest absolute Gasteiger partial charge is 0.409 e. The molecule has 1 amide bonds. The molecular weight excluding hydrogens is 970 g/mol. The maximum atomic E-state index is 14.4. The van der Waals surface area contributed by atoms with Gasteiger partial charge >= 0.3 is 13.8 Å². The van der Waals surface area contributed by atoms with Crippen molar-refractivity contribution >= 4 is 67.7 Å². The minimum Gasteiger partial charge on any atom is -0.447 e. The number of ether oxygens (including phenoxy) is 7. The number of carbonyl (C=O) groups excluding carboxylic acids is 1. The zero-order chi connectivity index (χ0) is 49.7. The normalized spacial score (nSPS) is 32.2. The first kappa shape index (κ1) is 58.7. The van der Waals surface area contributed by atoms with E-state index in [1.165, 1.54) is 0 Å². The Hall–Kier alpha value is -0.230. The molecule has 5 fully saturated rings. The van der Waals surface area contributed by atoms with E-state index in [1.54, 1.807) is 62.3 Å². The van der Waals surface area contributed by atoms with Gasteiger partial charge in [-0.2, -0.15) is 0 Å². The first-order valence-electron chi connectivity index (χ1n) is 23.7. The van der Waals surface area contributed by atoms with E-state index in [1.807, 2.05) is 31.4 Å². The highest BCUT2D eigenvalue weighted by Gasteiger charge is 2.43. The number of carbonyl (C=O) groups is 1. The monoisotopic (exact) mass is 1050 g/mol. The predicted octanol–water partition coefficient (Wildman–Crippen LogP) is -3.10. The molecule has 5 saturated heterocycles. The largest absolute Gasteiger partial charge is 0.447 e. The highest BCUT2D eigenvalue weighted by Crippen LogP contribution is 2.54. The second kappa shape index (κ2) is 27.3. The summed E-state index contributed by atoms with van der Waals surface area (Å²) in [5.41, 5.74) is 0. The van der Waals surface area contributed by atoms with Crippen LogP contribution in [0.15, 0.2) is 0 Å². The molecule has 0 aliphatic carbocycles. The van der Waals surface area contributed by atoms with Gasteiger partial charge in [0.25, 0.3) is 22.6 Å². The predicted molar refractivity (Wildman–Crippen MR) is 265 cm³/mol. The number of aliphatic hydroxyl groups excluding tert-OH is 1. The molecule has 0 spiro atoms. The highest BCUT2D eigenvalue weighted by atomic mass is 31.2. The number of hydrogen-bond acceptors (Lipinski definition) is 18. The fourth-order valence-electron chi connectivity index (χ4n) is 8.54. The van der Waals surface area contributed by atoms with Crippen LogP contribution in [0.3, 0.4) is 0 Å². The maximum absolute atomic E-state index is 14.4. The van der Waals surface area contributed by atoms with Gasteiger partial charge in [-0.3, -0.25) is 18.3 Å². The van der Waals surface area contributed by atoms with Gasteiger partial charge in [-0.15, -0.1) is 0 Å². The summed E-state index contributed by atoms with van der Waals surface area (Å²) in [5, 5.41) is 12.1. The minimum atomic E-state index is -3.55. The van der Waals surface area contributed by atoms with Gasteiger partial charge in [0.2, 0.25) is 0 Å². The van der Waals surface area contributed by atoms with Crippen molar-refractivity contribution < 1.29 is 79.4 Å². The van der Waals surface area contributed by atoms with Crippen molar-refractivity contribution in [2.45, 2.75) is 48.4 Å². The molecule has 5 heterocycles. The fraction of sp³-hybridized carbons (Fsp3) is 0.972. The van der Waals surface area contributed by atoms with Crippen LogP contribution in [0.4, 0.5) is 4.79 Å². The summed E-state index contributed by atoms with van der Waals surface area (Å²) in [4.78, 5) is 14.2. The molecule has 5 aliphatic heterocycles. The number of hydrogen-bond donors (Lipinski definition) is 2. The van der Waals surface area contributed by atoms with Crippen molar-refractivity contribution in [1.29, 1.82) is 0 Å². The molecule has 0 aromatic carbocycles. The molecule has 0 aromatic rings. The second-order valence-corrected chi connectivity index (χ2v) is 28.4. The van der Waals surface area contributed by atoms with E-state index in [4.69, 9.17) is 56.4 Å². The Morgan fingerprint density at radius 1 is 0.574 bits per heavy atom. The summed E-state index contributed by atoms with van der Waals surface area (Å²) < 4.78 is 130. The lowest BCUT2D eigenvalue weighted by Crippen LogP contribution is -2.51. The van der Waals surface area contributed by atoms with Crippen molar-refractivity contribution in [3.8, 4) is 0 Å². The van der Waals surface area contributed by atoms with Gasteiger partial charge in [-0.05, 0) is 14.1 Å². The minimum absolute atomic E-state index is 0.0126. The summed E-state index contributed by atoms with van der Waals surface area (Å²) in [6.45, 7) is 10.3. The Kier molecular flexibility index (Phi) is 23.6. The Morgan fingerprint density at radius 2 is 0.985 bits per heavy atom. The van der Waals surface area contributed by atoms with Crippen molar-refractivity contribution in [1.82, 2.24) is 33.6 Å². The molecule has 68 heavy (non-hydrogen) atoms. The molecule has 12 unspecified atom stereocenters. The van der Waals surface area contributed by atoms with E-state index >= 15 is 0 Å². The number of rotatable bonds is 25. The molecule has 32 heteroatoms. The first-order chi connectivity index (χ1) is 32.1. The summed E-state index contributed by atoms with van der Waals surface area (Å²) in [5.74, 6) is 0. The molecular formula is C36H77B4N7O17P4. The van der Waals surface area contributed by atoms with Gasteiger partial charge in [0.05, 0.1) is 83.9 Å². The SMILES string of the molecule is BC1CNCC(COP(C)(=O)N2CC(B)OC(COP(C)(=O)N3CC(B)OC(COP(C)(=O)N4CC(B)OC(COP(=O)(N(C)C)N5CCN(C(=O)OCCOCCOCCO)CC5)C4)C3)C2)O1. The van der Waals surface area contributed by atoms with Gasteiger partial charge < -0.3 is 66.6 Å². The molecule has 12 atom stereocenters. The van der Waals surface area contributed by atoms with Gasteiger partial charge in [-0.25, -0.2) is 28.1 Å². The number of morpholine rings is 4. The molecule has 2 N–H and O–H groups in total. The van der Waals surface area contributed by atoms with Gasteiger partial charge in [0.15, 0.2) is 0 Å². The third-order valence-electron chi connectivity index (χ3n) is 12.1. The zero-order valence-electron chi connectivity index (χ0n) is 41.6. The molecule has 5 rings (SSSR count). The van der Waals surface area contributed by atoms with Crippen molar-refractivity contribution in [3.05, 3.63) is 0 Å². The van der Waals surface area contributed by atoms with E-state index in [9.17, 15) is 23.1 Å². The molecule has 0 saturated carbocycles. The molecule has 0 radical (unpaired) electrons. The number of aliphatic hydroxyl groups is 1. The van der Waals surface area contributed by atoms with E-state index in [2.05, 4.69) is 5.32 Å². The third-order valence-corrected chi connectivity index (χ3v) is 20.6. The lowest BCUT2D eigenvalue weighted by molar-refractivity contribution is -0.0638. The fourth-order valence-corrected chi connectivity index (χ4v) is 15.3. The standard InChI is InChI=1S/C36H77B4N7O17P4/c1-42(2)68(53,44-8-6-43(7-9-44)36(49)56-15-14-55-13-12-54-11-10-48)60-27-31-20-47(23-35(40)64-31)67(5,52)59-26-30-19-46(22-34(39)63-30)66(4,51)58-25-29-18-45(21-33(38)62-29)65(3,50)57-24-28-16-41-17-32(37)61-28/h28-35,41,48H,6-27,37-40H2,1-5H3. The molecule has 0 aromatic heterocycles. The van der Waals surface area contributed by atoms with Gasteiger partial charge in [0, 0.05) is 123 Å². The zero-order valence-corrected chi connectivity index (χ0v) is 45.2. The van der Waals surface area contributed by atoms with E-state index in [0.29, 0.717) is 39.4 Å². The number of amides is 1. The Bertz CT molecular complexity index is 1780. The van der Waals surface area contributed by atoms with Crippen LogP contribution in [0.1, 0.15) is 0 Å². The van der Waals surface area contributed by atoms with Crippen LogP contribution >= 0.6 is 30.2 Å². The van der Waals surface area contributed by atoms with E-state index < -0.39 is 54.6 Å². The summed E-state index contributed by atoms with van der Waals surface area (Å²) >= 11 is 0. The van der Waals surface area contributed by atoms with Gasteiger partial charge in [0.1, 0.15) is 38.0 Å². The number of nitrogens with zero attached hydrogens (tertiary/aromatic N) is 6. The van der Waals surface area contributed by atoms with Crippen LogP contribution in [0.25, 0.3) is 0 Å². The Morgan fingerprint density at radius 3 is 1.43 bits per heavy atom. The van der Waals surface area contributed by atoms with Crippen molar-refractivity contribution in [3.63, 3.8) is 0 Å². The Labute approximate surface area is 406 Å². The highest BCUT2D eigenvalue weighted by molar-refractivity contribution is 7.56. The number of piperazine rings is 1. The van der Waals surface area contributed by atoms with Crippen molar-refractivity contribution in [2.24, 2.45) is 0 Å². The molecule has 24 nitrogen and oxygen atoms in total. The van der Waals surface area contributed by atoms with Gasteiger partial charge in [-0.1, -0.05) is 0 Å². The van der Waals surface area contributed by atoms with Crippen LogP contribution in [0.2, 0.25) is 0 Å². The molecule has 0 bridgehead atoms. The average molecular weight is 1050 g/mol. The molecule has 5 aliphatic rings. The quantitative estimate of drug-likeness (QED) is 0.0523. The van der Waals surface area contributed by atoms with E-state index in [-0.39, 0.29) is 129 Å². The summed E-state index contributed by atoms with van der Waals surface area (Å²) in [7, 11) is -2.61. The van der Waals surface area contributed by atoms with Crippen LogP contribution in [-0.4, -0.2) is 298 Å². The van der Waals surface area contributed by atoms with Crippen LogP contribution in [0.5, 0.6) is 0 Å². The van der Waals surface area contributed by atoms with E-state index in [0.717, 1.165) is 6.54 Å². The lowest BCUT2D eigenvalue weighted by Gasteiger charge is -2.43. The second-order valence-electron chi connectivity index (χ2n) is 18.5. The van der Waals surface area contributed by atoms with Crippen molar-refractivity contribution in [2.75, 3.05) is 179 Å². The number of nitrogens with one attached hydrogen (secondary N) is 1. The van der Waals surface area contributed by atoms with Crippen LogP contribution < -0.4 is 5.32 Å². The van der Waals surface area contributed by atoms with Crippen LogP contribution in [-0.2, 0) is 69.5 Å². The lowest BCUT2D eigenvalue weighted by atomic mass is 9.98. The summed E-state index contributed by atoms with van der Waals surface area (Å²) in [6.07, 6.45) is -2.32. The summed E-state index contributed by atoms with van der Waals surface area (Å²) in [6, 6.07) is -0.873.